The predicted molar refractivity (Wildman–Crippen MR) is 86.0 cm³/mol. The number of urea groups is 1. The molecule has 2 amide bonds. The summed E-state index contributed by atoms with van der Waals surface area (Å²) < 4.78 is 16.2. The fraction of sp³-hybridized carbons (Fsp3) is 0.588. The van der Waals surface area contributed by atoms with Gasteiger partial charge < -0.3 is 24.4 Å². The Morgan fingerprint density at radius 2 is 2.17 bits per heavy atom. The molecule has 1 fully saturated rings. The second kappa shape index (κ2) is 7.55. The quantitative estimate of drug-likeness (QED) is 0.846. The lowest BCUT2D eigenvalue weighted by Crippen LogP contribution is -2.40. The number of fused-ring (bicyclic) bond motifs is 1. The lowest BCUT2D eigenvalue weighted by Gasteiger charge is -2.27. The van der Waals surface area contributed by atoms with Crippen molar-refractivity contribution in [3.8, 4) is 11.5 Å². The van der Waals surface area contributed by atoms with Crippen LogP contribution in [0.15, 0.2) is 18.2 Å². The number of rotatable bonds is 5. The zero-order valence-electron chi connectivity index (χ0n) is 13.5. The van der Waals surface area contributed by atoms with Gasteiger partial charge in [-0.1, -0.05) is 6.07 Å². The van der Waals surface area contributed by atoms with E-state index in [0.717, 1.165) is 42.9 Å². The topological polar surface area (TPSA) is 60.0 Å². The molecule has 0 spiro atoms. The second-order valence-electron chi connectivity index (χ2n) is 5.83. The Bertz CT molecular complexity index is 549. The van der Waals surface area contributed by atoms with E-state index in [1.54, 1.807) is 7.11 Å². The monoisotopic (exact) mass is 320 g/mol. The maximum atomic E-state index is 12.4. The molecule has 2 aliphatic heterocycles. The first kappa shape index (κ1) is 15.9. The molecule has 1 atom stereocenters. The minimum absolute atomic E-state index is 0.00140. The highest BCUT2D eigenvalue weighted by molar-refractivity contribution is 5.75. The number of hydrogen-bond acceptors (Lipinski definition) is 4. The molecule has 1 unspecified atom stereocenters. The zero-order chi connectivity index (χ0) is 16.1. The predicted octanol–water partition coefficient (Wildman–Crippen LogP) is 2.34. The number of nitrogens with one attached hydrogen (secondary N) is 1. The lowest BCUT2D eigenvalue weighted by atomic mass is 10.0. The van der Waals surface area contributed by atoms with E-state index in [4.69, 9.17) is 14.2 Å². The van der Waals surface area contributed by atoms with Crippen molar-refractivity contribution in [2.75, 3.05) is 40.0 Å². The van der Waals surface area contributed by atoms with Gasteiger partial charge in [-0.15, -0.1) is 0 Å². The van der Waals surface area contributed by atoms with Gasteiger partial charge >= 0.3 is 6.03 Å². The van der Waals surface area contributed by atoms with Crippen LogP contribution in [-0.2, 0) is 4.74 Å². The minimum Gasteiger partial charge on any atom is -0.486 e. The van der Waals surface area contributed by atoms with E-state index in [2.05, 4.69) is 5.32 Å². The Hall–Kier alpha value is -1.95. The molecule has 23 heavy (non-hydrogen) atoms. The third-order valence-corrected chi connectivity index (χ3v) is 4.27. The molecule has 1 N–H and O–H groups in total. The van der Waals surface area contributed by atoms with Gasteiger partial charge in [0.05, 0.1) is 6.04 Å². The lowest BCUT2D eigenvalue weighted by molar-refractivity contribution is 0.170. The van der Waals surface area contributed by atoms with E-state index in [-0.39, 0.29) is 12.1 Å². The van der Waals surface area contributed by atoms with Crippen LogP contribution >= 0.6 is 0 Å². The summed E-state index contributed by atoms with van der Waals surface area (Å²) in [5.41, 5.74) is 1.11. The van der Waals surface area contributed by atoms with Crippen LogP contribution < -0.4 is 14.8 Å². The molecule has 0 saturated carbocycles. The van der Waals surface area contributed by atoms with Crippen molar-refractivity contribution in [1.82, 2.24) is 10.2 Å². The van der Waals surface area contributed by atoms with E-state index < -0.39 is 0 Å². The average Bonchev–Trinajstić information content (AvgIpc) is 3.08. The Morgan fingerprint density at radius 3 is 3.00 bits per heavy atom. The summed E-state index contributed by atoms with van der Waals surface area (Å²) in [6.45, 7) is 3.24. The van der Waals surface area contributed by atoms with Crippen molar-refractivity contribution in [3.63, 3.8) is 0 Å². The number of nitrogens with zero attached hydrogens (tertiary/aromatic N) is 1. The van der Waals surface area contributed by atoms with E-state index in [1.807, 2.05) is 23.1 Å². The molecule has 6 nitrogen and oxygen atoms in total. The normalized spacial score (nSPS) is 19.7. The highest BCUT2D eigenvalue weighted by Gasteiger charge is 2.30. The van der Waals surface area contributed by atoms with Gasteiger partial charge in [-0.3, -0.25) is 0 Å². The van der Waals surface area contributed by atoms with Crippen LogP contribution in [-0.4, -0.2) is 51.0 Å². The van der Waals surface area contributed by atoms with E-state index in [0.29, 0.717) is 26.4 Å². The molecule has 0 aromatic heterocycles. The van der Waals surface area contributed by atoms with Crippen LogP contribution in [0, 0.1) is 0 Å². The number of carbonyl (C=O) groups is 1. The molecule has 6 heteroatoms. The number of amides is 2. The molecule has 0 radical (unpaired) electrons. The highest BCUT2D eigenvalue weighted by atomic mass is 16.6. The third-order valence-electron chi connectivity index (χ3n) is 4.27. The number of benzene rings is 1. The minimum atomic E-state index is -0.00140. The molecule has 126 valence electrons. The fourth-order valence-electron chi connectivity index (χ4n) is 3.14. The number of hydrogen-bond donors (Lipinski definition) is 1. The molecule has 1 saturated heterocycles. The summed E-state index contributed by atoms with van der Waals surface area (Å²) in [6.07, 6.45) is 2.82. The molecule has 0 aliphatic carbocycles. The van der Waals surface area contributed by atoms with Gasteiger partial charge in [-0.25, -0.2) is 4.79 Å². The molecular formula is C17H24N2O4. The van der Waals surface area contributed by atoms with Crippen molar-refractivity contribution in [2.45, 2.75) is 25.3 Å². The fourth-order valence-corrected chi connectivity index (χ4v) is 3.14. The van der Waals surface area contributed by atoms with Crippen LogP contribution in [0.25, 0.3) is 0 Å². The summed E-state index contributed by atoms with van der Waals surface area (Å²) in [7, 11) is 1.67. The highest BCUT2D eigenvalue weighted by Crippen LogP contribution is 2.37. The first-order valence-corrected chi connectivity index (χ1v) is 8.22. The second-order valence-corrected chi connectivity index (χ2v) is 5.83. The van der Waals surface area contributed by atoms with Gasteiger partial charge in [0.25, 0.3) is 0 Å². The Morgan fingerprint density at radius 1 is 1.35 bits per heavy atom. The molecule has 3 rings (SSSR count). The van der Waals surface area contributed by atoms with Crippen LogP contribution in [0.1, 0.15) is 30.9 Å². The van der Waals surface area contributed by atoms with Gasteiger partial charge in [0.1, 0.15) is 13.2 Å². The van der Waals surface area contributed by atoms with Gasteiger partial charge in [0.2, 0.25) is 0 Å². The van der Waals surface area contributed by atoms with Crippen LogP contribution in [0.5, 0.6) is 11.5 Å². The Labute approximate surface area is 136 Å². The number of carbonyl (C=O) groups excluding carboxylic acids is 1. The first-order valence-electron chi connectivity index (χ1n) is 8.22. The van der Waals surface area contributed by atoms with E-state index in [1.165, 1.54) is 0 Å². The van der Waals surface area contributed by atoms with Gasteiger partial charge in [0, 0.05) is 26.8 Å². The van der Waals surface area contributed by atoms with Crippen molar-refractivity contribution in [3.05, 3.63) is 23.8 Å². The number of ether oxygens (including phenoxy) is 3. The van der Waals surface area contributed by atoms with Crippen LogP contribution in [0.2, 0.25) is 0 Å². The van der Waals surface area contributed by atoms with Gasteiger partial charge in [-0.2, -0.15) is 0 Å². The summed E-state index contributed by atoms with van der Waals surface area (Å²) in [5.74, 6) is 1.56. The molecule has 2 heterocycles. The zero-order valence-corrected chi connectivity index (χ0v) is 13.5. The molecule has 1 aromatic rings. The molecule has 2 aliphatic rings. The van der Waals surface area contributed by atoms with Crippen LogP contribution in [0.3, 0.4) is 0 Å². The smallest absolute Gasteiger partial charge is 0.317 e. The third kappa shape index (κ3) is 3.69. The van der Waals surface area contributed by atoms with Gasteiger partial charge in [-0.05, 0) is 37.0 Å². The molecular weight excluding hydrogens is 296 g/mol. The summed E-state index contributed by atoms with van der Waals surface area (Å²) >= 11 is 0. The number of likely N-dealkylation sites (tertiary alicyclic amines) is 1. The standard InChI is InChI=1S/C17H24N2O4/c1-21-9-3-7-18-17(20)19-8-2-4-14(19)13-5-6-15-16(12-13)23-11-10-22-15/h5-6,12,14H,2-4,7-11H2,1H3,(H,18,20). The van der Waals surface area contributed by atoms with Crippen molar-refractivity contribution in [2.24, 2.45) is 0 Å². The van der Waals surface area contributed by atoms with Gasteiger partial charge in [0.15, 0.2) is 11.5 Å². The Balaban J connectivity index is 1.65. The Kier molecular flexibility index (Phi) is 5.23. The summed E-state index contributed by atoms with van der Waals surface area (Å²) in [6, 6.07) is 6.09. The first-order chi connectivity index (χ1) is 11.3. The van der Waals surface area contributed by atoms with Crippen molar-refractivity contribution in [1.29, 1.82) is 0 Å². The SMILES string of the molecule is COCCCNC(=O)N1CCCC1c1ccc2c(c1)OCCO2. The maximum Gasteiger partial charge on any atom is 0.317 e. The molecule has 1 aromatic carbocycles. The van der Waals surface area contributed by atoms with E-state index >= 15 is 0 Å². The van der Waals surface area contributed by atoms with Crippen molar-refractivity contribution >= 4 is 6.03 Å². The van der Waals surface area contributed by atoms with E-state index in [9.17, 15) is 4.79 Å². The maximum absolute atomic E-state index is 12.4. The average molecular weight is 320 g/mol. The molecule has 0 bridgehead atoms. The van der Waals surface area contributed by atoms with Crippen LogP contribution in [0.4, 0.5) is 4.79 Å². The number of methoxy groups -OCH3 is 1. The van der Waals surface area contributed by atoms with Crippen molar-refractivity contribution < 1.29 is 19.0 Å². The largest absolute Gasteiger partial charge is 0.486 e. The summed E-state index contributed by atoms with van der Waals surface area (Å²) in [5, 5.41) is 2.97. The summed E-state index contributed by atoms with van der Waals surface area (Å²) in [4.78, 5) is 14.3.